The van der Waals surface area contributed by atoms with Crippen molar-refractivity contribution in [1.29, 1.82) is 0 Å². The van der Waals surface area contributed by atoms with Gasteiger partial charge in [-0.1, -0.05) is 96.6 Å². The van der Waals surface area contributed by atoms with E-state index in [2.05, 4.69) is 0 Å². The summed E-state index contributed by atoms with van der Waals surface area (Å²) in [6.07, 6.45) is 9.18. The first-order valence-electron chi connectivity index (χ1n) is 9.59. The Labute approximate surface area is 176 Å². The zero-order valence-electron chi connectivity index (χ0n) is 16.0. The molecule has 2 nitrogen and oxygen atoms in total. The van der Waals surface area contributed by atoms with Crippen LogP contribution < -0.4 is 0 Å². The monoisotopic (exact) mass is 402 g/mol. The van der Waals surface area contributed by atoms with Gasteiger partial charge in [-0.3, -0.25) is 4.79 Å². The molecule has 3 aromatic carbocycles. The van der Waals surface area contributed by atoms with Crippen molar-refractivity contribution in [1.82, 2.24) is 0 Å². The zero-order valence-corrected chi connectivity index (χ0v) is 16.8. The van der Waals surface area contributed by atoms with E-state index < -0.39 is 0 Å². The Hall–Kier alpha value is -3.10. The minimum atomic E-state index is -0.292. The second-order valence-corrected chi connectivity index (χ2v) is 7.26. The molecule has 0 saturated heterocycles. The highest BCUT2D eigenvalue weighted by Gasteiger charge is 2.21. The van der Waals surface area contributed by atoms with E-state index in [-0.39, 0.29) is 23.0 Å². The summed E-state index contributed by atoms with van der Waals surface area (Å²) in [5.41, 5.74) is 2.44. The van der Waals surface area contributed by atoms with Crippen LogP contribution in [-0.2, 0) is 0 Å². The normalized spacial score (nSPS) is 11.5. The van der Waals surface area contributed by atoms with Crippen molar-refractivity contribution in [2.24, 2.45) is 5.92 Å². The van der Waals surface area contributed by atoms with Crippen molar-refractivity contribution in [3.05, 3.63) is 113 Å². The molecule has 0 spiro atoms. The van der Waals surface area contributed by atoms with Crippen LogP contribution in [0.5, 0.6) is 5.75 Å². The van der Waals surface area contributed by atoms with E-state index in [1.165, 1.54) is 12.1 Å². The minimum Gasteiger partial charge on any atom is -0.507 e. The van der Waals surface area contributed by atoms with Crippen molar-refractivity contribution in [2.75, 3.05) is 0 Å². The lowest BCUT2D eigenvalue weighted by atomic mass is 9.90. The average Bonchev–Trinajstić information content (AvgIpc) is 2.75. The summed E-state index contributed by atoms with van der Waals surface area (Å²) in [4.78, 5) is 13.1. The third-order valence-corrected chi connectivity index (χ3v) is 4.89. The summed E-state index contributed by atoms with van der Waals surface area (Å²) < 4.78 is 0. The smallest absolute Gasteiger partial charge is 0.170 e. The summed E-state index contributed by atoms with van der Waals surface area (Å²) in [6, 6.07) is 24.5. The molecular formula is C26H23ClO2. The van der Waals surface area contributed by atoms with Crippen LogP contribution in [0.25, 0.3) is 12.2 Å². The number of halogens is 1. The molecule has 0 amide bonds. The van der Waals surface area contributed by atoms with Gasteiger partial charge in [-0.15, -0.1) is 0 Å². The Morgan fingerprint density at radius 1 is 0.828 bits per heavy atom. The van der Waals surface area contributed by atoms with E-state index in [0.717, 1.165) is 11.1 Å². The van der Waals surface area contributed by atoms with E-state index >= 15 is 0 Å². The van der Waals surface area contributed by atoms with Crippen LogP contribution in [0.2, 0.25) is 5.02 Å². The summed E-state index contributed by atoms with van der Waals surface area (Å²) in [5, 5.41) is 10.6. The topological polar surface area (TPSA) is 37.3 Å². The van der Waals surface area contributed by atoms with Crippen molar-refractivity contribution in [3.63, 3.8) is 0 Å². The number of hydrogen-bond donors (Lipinski definition) is 1. The lowest BCUT2D eigenvalue weighted by Crippen LogP contribution is -2.14. The third-order valence-electron chi connectivity index (χ3n) is 4.66. The van der Waals surface area contributed by atoms with Gasteiger partial charge in [0.2, 0.25) is 0 Å². The van der Waals surface area contributed by atoms with Crippen LogP contribution in [0.15, 0.2) is 91.0 Å². The van der Waals surface area contributed by atoms with Crippen LogP contribution in [0, 0.1) is 5.92 Å². The lowest BCUT2D eigenvalue weighted by molar-refractivity contribution is 0.0919. The molecular weight excluding hydrogens is 380 g/mol. The van der Waals surface area contributed by atoms with Crippen LogP contribution in [0.3, 0.4) is 0 Å². The Morgan fingerprint density at radius 2 is 1.34 bits per heavy atom. The fourth-order valence-electron chi connectivity index (χ4n) is 3.10. The number of carbonyl (C=O) groups is 1. The second-order valence-electron chi connectivity index (χ2n) is 6.82. The largest absolute Gasteiger partial charge is 0.507 e. The number of ketones is 1. The molecule has 0 aliphatic heterocycles. The quantitative estimate of drug-likeness (QED) is 0.410. The highest BCUT2D eigenvalue weighted by atomic mass is 35.5. The molecule has 3 rings (SSSR count). The molecule has 146 valence electrons. The minimum absolute atomic E-state index is 0.0384. The lowest BCUT2D eigenvalue weighted by Gasteiger charge is -2.13. The molecule has 0 bridgehead atoms. The summed E-state index contributed by atoms with van der Waals surface area (Å²) in [7, 11) is 0. The molecule has 0 aliphatic rings. The maximum absolute atomic E-state index is 13.1. The predicted molar refractivity (Wildman–Crippen MR) is 121 cm³/mol. The van der Waals surface area contributed by atoms with Crippen molar-refractivity contribution < 1.29 is 9.90 Å². The van der Waals surface area contributed by atoms with Gasteiger partial charge in [-0.25, -0.2) is 0 Å². The van der Waals surface area contributed by atoms with Gasteiger partial charge in [0.05, 0.1) is 5.56 Å². The van der Waals surface area contributed by atoms with Gasteiger partial charge in [0, 0.05) is 10.9 Å². The first-order chi connectivity index (χ1) is 14.1. The van der Waals surface area contributed by atoms with Crippen LogP contribution >= 0.6 is 11.6 Å². The average molecular weight is 403 g/mol. The van der Waals surface area contributed by atoms with Gasteiger partial charge in [0.1, 0.15) is 5.75 Å². The van der Waals surface area contributed by atoms with E-state index in [4.69, 9.17) is 11.6 Å². The molecule has 0 saturated carbocycles. The first kappa shape index (κ1) is 20.6. The van der Waals surface area contributed by atoms with Crippen LogP contribution in [-0.4, -0.2) is 10.9 Å². The van der Waals surface area contributed by atoms with Gasteiger partial charge in [0.15, 0.2) is 5.78 Å². The maximum atomic E-state index is 13.1. The standard InChI is InChI=1S/C26H23ClO2/c27-23-17-18-25(28)24(19-23)26(29)22(15-7-13-20-9-3-1-4-10-20)16-8-14-21-11-5-2-6-12-21/h1-14,17-19,22,28H,15-16H2/b13-7+,14-8+. The molecule has 0 atom stereocenters. The number of rotatable bonds is 8. The second kappa shape index (κ2) is 10.4. The van der Waals surface area contributed by atoms with Gasteiger partial charge in [-0.2, -0.15) is 0 Å². The van der Waals surface area contributed by atoms with E-state index in [0.29, 0.717) is 17.9 Å². The molecule has 3 heteroatoms. The Balaban J connectivity index is 1.78. The van der Waals surface area contributed by atoms with E-state index in [1.54, 1.807) is 6.07 Å². The number of carbonyl (C=O) groups excluding carboxylic acids is 1. The zero-order chi connectivity index (χ0) is 20.5. The molecule has 1 N–H and O–H groups in total. The fourth-order valence-corrected chi connectivity index (χ4v) is 3.27. The number of aromatic hydroxyl groups is 1. The van der Waals surface area contributed by atoms with Crippen molar-refractivity contribution in [2.45, 2.75) is 12.8 Å². The molecule has 3 aromatic rings. The number of Topliss-reactive ketones (excluding diaryl/α,β-unsaturated/α-hetero) is 1. The summed E-state index contributed by atoms with van der Waals surface area (Å²) >= 11 is 6.04. The number of benzene rings is 3. The Morgan fingerprint density at radius 3 is 1.86 bits per heavy atom. The number of phenolic OH excluding ortho intramolecular Hbond substituents is 1. The molecule has 0 heterocycles. The van der Waals surface area contributed by atoms with Gasteiger partial charge in [0.25, 0.3) is 0 Å². The number of allylic oxidation sites excluding steroid dienone is 2. The SMILES string of the molecule is O=C(c1cc(Cl)ccc1O)C(C/C=C/c1ccccc1)C/C=C/c1ccccc1. The van der Waals surface area contributed by atoms with Crippen LogP contribution in [0.1, 0.15) is 34.3 Å². The Bertz CT molecular complexity index is 940. The highest BCUT2D eigenvalue weighted by molar-refractivity contribution is 6.31. The van der Waals surface area contributed by atoms with Crippen LogP contribution in [0.4, 0.5) is 0 Å². The maximum Gasteiger partial charge on any atom is 0.170 e. The highest BCUT2D eigenvalue weighted by Crippen LogP contribution is 2.27. The molecule has 0 aliphatic carbocycles. The Kier molecular flexibility index (Phi) is 7.43. The molecule has 0 aromatic heterocycles. The van der Waals surface area contributed by atoms with Crippen molar-refractivity contribution in [3.8, 4) is 5.75 Å². The molecule has 29 heavy (non-hydrogen) atoms. The first-order valence-corrected chi connectivity index (χ1v) is 9.97. The van der Waals surface area contributed by atoms with Crippen molar-refractivity contribution >= 4 is 29.5 Å². The van der Waals surface area contributed by atoms with Gasteiger partial charge < -0.3 is 5.11 Å². The summed E-state index contributed by atoms with van der Waals surface area (Å²) in [6.45, 7) is 0. The molecule has 0 fully saturated rings. The fraction of sp³-hybridized carbons (Fsp3) is 0.115. The molecule has 0 unspecified atom stereocenters. The number of phenols is 1. The summed E-state index contributed by atoms with van der Waals surface area (Å²) in [5.74, 6) is -0.441. The van der Waals surface area contributed by atoms with E-state index in [1.807, 2.05) is 85.0 Å². The predicted octanol–water partition coefficient (Wildman–Crippen LogP) is 7.05. The van der Waals surface area contributed by atoms with Gasteiger partial charge >= 0.3 is 0 Å². The molecule has 0 radical (unpaired) electrons. The third kappa shape index (κ3) is 6.20. The number of hydrogen-bond acceptors (Lipinski definition) is 2. The van der Waals surface area contributed by atoms with Gasteiger partial charge in [-0.05, 0) is 42.2 Å². The van der Waals surface area contributed by atoms with E-state index in [9.17, 15) is 9.90 Å².